The first-order valence-electron chi connectivity index (χ1n) is 14.8. The Kier molecular flexibility index (Phi) is 9.46. The minimum Gasteiger partial charge on any atom is -0.489 e. The second-order valence-electron chi connectivity index (χ2n) is 11.8. The molecule has 6 rings (SSSR count). The van der Waals surface area contributed by atoms with E-state index in [4.69, 9.17) is 39.5 Å². The van der Waals surface area contributed by atoms with Crippen LogP contribution < -0.4 is 10.1 Å². The molecule has 45 heavy (non-hydrogen) atoms. The SMILES string of the molecule is O=C(C1=C(c2ccc(CCCOc3c(F)ccc(F)c3Cl)cc2)C[C@H]2CS(=O)(=O)C[C@H]1N2)N(Cc1cccc(Cl)c1Cl)C1CC1. The molecule has 0 aromatic heterocycles. The third kappa shape index (κ3) is 7.18. The lowest BCUT2D eigenvalue weighted by molar-refractivity contribution is -0.128. The van der Waals surface area contributed by atoms with Gasteiger partial charge in [-0.05, 0) is 72.6 Å². The molecule has 6 nitrogen and oxygen atoms in total. The second kappa shape index (κ2) is 13.2. The first kappa shape index (κ1) is 32.3. The summed E-state index contributed by atoms with van der Waals surface area (Å²) in [5.41, 5.74) is 3.92. The molecule has 3 aromatic carbocycles. The summed E-state index contributed by atoms with van der Waals surface area (Å²) in [6.07, 6.45) is 3.28. The first-order chi connectivity index (χ1) is 21.5. The highest BCUT2D eigenvalue weighted by Gasteiger charge is 2.44. The number of nitrogens with zero attached hydrogens (tertiary/aromatic N) is 1. The Labute approximate surface area is 276 Å². The monoisotopic (exact) mass is 694 g/mol. The minimum absolute atomic E-state index is 0.0208. The van der Waals surface area contributed by atoms with Crippen LogP contribution in [0.2, 0.25) is 15.1 Å². The average molecular weight is 696 g/mol. The molecular weight excluding hydrogens is 665 g/mol. The van der Waals surface area contributed by atoms with Crippen molar-refractivity contribution in [3.63, 3.8) is 0 Å². The number of amides is 1. The Bertz CT molecular complexity index is 1760. The van der Waals surface area contributed by atoms with Gasteiger partial charge in [-0.15, -0.1) is 0 Å². The highest BCUT2D eigenvalue weighted by molar-refractivity contribution is 7.91. The van der Waals surface area contributed by atoms with E-state index in [1.54, 1.807) is 17.0 Å². The Hall–Kier alpha value is -2.69. The number of carbonyl (C=O) groups is 1. The quantitative estimate of drug-likeness (QED) is 0.182. The molecule has 3 aliphatic rings. The van der Waals surface area contributed by atoms with E-state index in [1.807, 2.05) is 30.3 Å². The van der Waals surface area contributed by atoms with E-state index >= 15 is 0 Å². The molecule has 1 saturated heterocycles. The number of ether oxygens (including phenoxy) is 1. The molecule has 2 bridgehead atoms. The van der Waals surface area contributed by atoms with Gasteiger partial charge in [0.05, 0.1) is 34.2 Å². The predicted molar refractivity (Wildman–Crippen MR) is 173 cm³/mol. The largest absolute Gasteiger partial charge is 0.489 e. The highest BCUT2D eigenvalue weighted by atomic mass is 35.5. The summed E-state index contributed by atoms with van der Waals surface area (Å²) in [7, 11) is -3.33. The summed E-state index contributed by atoms with van der Waals surface area (Å²) in [6, 6.07) is 14.2. The zero-order chi connectivity index (χ0) is 31.9. The number of halogens is 5. The van der Waals surface area contributed by atoms with Crippen LogP contribution >= 0.6 is 34.8 Å². The van der Waals surface area contributed by atoms with E-state index in [2.05, 4.69) is 5.32 Å². The Balaban J connectivity index is 1.24. The maximum atomic E-state index is 14.4. The van der Waals surface area contributed by atoms with E-state index in [-0.39, 0.29) is 53.4 Å². The Morgan fingerprint density at radius 2 is 1.69 bits per heavy atom. The van der Waals surface area contributed by atoms with E-state index in [0.29, 0.717) is 34.9 Å². The van der Waals surface area contributed by atoms with Crippen molar-refractivity contribution in [1.29, 1.82) is 0 Å². The smallest absolute Gasteiger partial charge is 0.252 e. The van der Waals surface area contributed by atoms with Crippen molar-refractivity contribution in [2.45, 2.75) is 56.8 Å². The third-order valence-corrected chi connectivity index (χ3v) is 11.4. The van der Waals surface area contributed by atoms with Crippen LogP contribution in [0, 0.1) is 11.6 Å². The molecule has 2 heterocycles. The lowest BCUT2D eigenvalue weighted by Gasteiger charge is -2.40. The summed E-state index contributed by atoms with van der Waals surface area (Å²) in [5.74, 6) is -2.08. The van der Waals surface area contributed by atoms with E-state index in [1.165, 1.54) is 0 Å². The third-order valence-electron chi connectivity index (χ3n) is 8.45. The second-order valence-corrected chi connectivity index (χ2v) is 15.1. The number of hydrogen-bond acceptors (Lipinski definition) is 5. The fourth-order valence-electron chi connectivity index (χ4n) is 6.14. The average Bonchev–Trinajstić information content (AvgIpc) is 3.84. The van der Waals surface area contributed by atoms with E-state index in [9.17, 15) is 22.0 Å². The number of nitrogens with one attached hydrogen (secondary N) is 1. The molecular formula is C33H31Cl3F2N2O4S. The van der Waals surface area contributed by atoms with Gasteiger partial charge in [0.2, 0.25) is 0 Å². The number of rotatable bonds is 10. The van der Waals surface area contributed by atoms with Crippen LogP contribution in [0.3, 0.4) is 0 Å². The van der Waals surface area contributed by atoms with Gasteiger partial charge < -0.3 is 15.0 Å². The van der Waals surface area contributed by atoms with Crippen LogP contribution in [0.5, 0.6) is 5.75 Å². The van der Waals surface area contributed by atoms with E-state index in [0.717, 1.165) is 47.2 Å². The molecule has 2 atom stereocenters. The van der Waals surface area contributed by atoms with E-state index < -0.39 is 27.5 Å². The van der Waals surface area contributed by atoms with Crippen LogP contribution in [0.25, 0.3) is 5.57 Å². The maximum absolute atomic E-state index is 14.4. The van der Waals surface area contributed by atoms with Gasteiger partial charge >= 0.3 is 0 Å². The fraction of sp³-hybridized carbons (Fsp3) is 0.364. The van der Waals surface area contributed by atoms with Crippen LogP contribution in [-0.2, 0) is 27.6 Å². The molecule has 3 aromatic rings. The standard InChI is InChI=1S/C33H31Cl3F2N2O4S/c34-25-5-1-4-21(30(25)35)16-40(23-10-11-23)33(41)29-24(15-22-17-45(42,43)18-28(29)39-22)20-8-6-19(7-9-20)3-2-14-44-32-27(38)13-12-26(37)31(32)36/h1,4-9,12-13,22-23,28,39H,2-3,10-11,14-18H2/t22-,28+/m0/s1. The zero-order valence-corrected chi connectivity index (χ0v) is 27.3. The molecule has 1 saturated carbocycles. The molecule has 0 spiro atoms. The Morgan fingerprint density at radius 3 is 2.42 bits per heavy atom. The topological polar surface area (TPSA) is 75.7 Å². The minimum atomic E-state index is -3.33. The summed E-state index contributed by atoms with van der Waals surface area (Å²) in [4.78, 5) is 16.2. The van der Waals surface area contributed by atoms with Gasteiger partial charge in [-0.3, -0.25) is 4.79 Å². The molecule has 0 radical (unpaired) electrons. The lowest BCUT2D eigenvalue weighted by atomic mass is 9.85. The highest BCUT2D eigenvalue weighted by Crippen LogP contribution is 2.39. The molecule has 1 N–H and O–H groups in total. The number of sulfone groups is 1. The molecule has 238 valence electrons. The molecule has 2 aliphatic heterocycles. The first-order valence-corrected chi connectivity index (χ1v) is 17.7. The van der Waals surface area contributed by atoms with Gasteiger partial charge in [0.15, 0.2) is 21.4 Å². The molecule has 1 amide bonds. The number of hydrogen-bond donors (Lipinski definition) is 1. The fourth-order valence-corrected chi connectivity index (χ4v) is 8.46. The summed E-state index contributed by atoms with van der Waals surface area (Å²) in [5, 5.41) is 3.84. The van der Waals surface area contributed by atoms with Crippen molar-refractivity contribution in [3.05, 3.63) is 104 Å². The maximum Gasteiger partial charge on any atom is 0.252 e. The number of carbonyl (C=O) groups excluding carboxylic acids is 1. The molecule has 2 fully saturated rings. The predicted octanol–water partition coefficient (Wildman–Crippen LogP) is 7.04. The number of fused-ring (bicyclic) bond motifs is 2. The normalized spacial score (nSPS) is 20.6. The van der Waals surface area contributed by atoms with Gasteiger partial charge in [0.1, 0.15) is 10.8 Å². The van der Waals surface area contributed by atoms with Crippen molar-refractivity contribution in [2.75, 3.05) is 18.1 Å². The van der Waals surface area contributed by atoms with Gasteiger partial charge in [0.25, 0.3) is 5.91 Å². The summed E-state index contributed by atoms with van der Waals surface area (Å²) in [6.45, 7) is 0.414. The van der Waals surface area contributed by atoms with Gasteiger partial charge in [-0.2, -0.15) is 0 Å². The van der Waals surface area contributed by atoms with Crippen LogP contribution in [0.4, 0.5) is 8.78 Å². The van der Waals surface area contributed by atoms with Crippen molar-refractivity contribution in [1.82, 2.24) is 10.2 Å². The lowest BCUT2D eigenvalue weighted by Crippen LogP contribution is -2.57. The van der Waals surface area contributed by atoms with Crippen molar-refractivity contribution in [2.24, 2.45) is 0 Å². The molecule has 1 aliphatic carbocycles. The number of benzene rings is 3. The van der Waals surface area contributed by atoms with Gasteiger partial charge in [0, 0.05) is 24.2 Å². The zero-order valence-electron chi connectivity index (χ0n) is 24.2. The summed E-state index contributed by atoms with van der Waals surface area (Å²) < 4.78 is 58.7. The van der Waals surface area contributed by atoms with Crippen molar-refractivity contribution < 1.29 is 26.7 Å². The van der Waals surface area contributed by atoms with Crippen LogP contribution in [-0.4, -0.2) is 55.5 Å². The van der Waals surface area contributed by atoms with Crippen LogP contribution in [0.15, 0.2) is 60.2 Å². The van der Waals surface area contributed by atoms with Crippen LogP contribution in [0.1, 0.15) is 42.4 Å². The van der Waals surface area contributed by atoms with Gasteiger partial charge in [-0.1, -0.05) is 71.2 Å². The summed E-state index contributed by atoms with van der Waals surface area (Å²) >= 11 is 18.6. The van der Waals surface area contributed by atoms with Gasteiger partial charge in [-0.25, -0.2) is 17.2 Å². The van der Waals surface area contributed by atoms with Crippen molar-refractivity contribution in [3.8, 4) is 5.75 Å². The molecule has 12 heteroatoms. The molecule has 0 unspecified atom stereocenters. The van der Waals surface area contributed by atoms with Crippen molar-refractivity contribution >= 4 is 56.1 Å². The Morgan fingerprint density at radius 1 is 0.956 bits per heavy atom. The number of aryl methyl sites for hydroxylation is 1.